The minimum atomic E-state index is -3.74. The van der Waals surface area contributed by atoms with Crippen molar-refractivity contribution in [3.63, 3.8) is 0 Å². The fourth-order valence-corrected chi connectivity index (χ4v) is 5.65. The van der Waals surface area contributed by atoms with Crippen LogP contribution in [0.15, 0.2) is 59.5 Å². The Morgan fingerprint density at radius 3 is 2.12 bits per heavy atom. The zero-order valence-corrected chi connectivity index (χ0v) is 20.2. The summed E-state index contributed by atoms with van der Waals surface area (Å²) in [7, 11) is -3.74. The summed E-state index contributed by atoms with van der Waals surface area (Å²) in [6, 6.07) is 14.8. The Hall–Kier alpha value is -3.37. The number of aromatic nitrogens is 2. The van der Waals surface area contributed by atoms with Crippen molar-refractivity contribution < 1.29 is 13.3 Å². The number of piperazine rings is 1. The van der Waals surface area contributed by atoms with Crippen molar-refractivity contribution in [3.8, 4) is 11.4 Å². The van der Waals surface area contributed by atoms with E-state index in [-0.39, 0.29) is 16.5 Å². The first kappa shape index (κ1) is 23.8. The molecule has 10 heteroatoms. The van der Waals surface area contributed by atoms with Crippen molar-refractivity contribution in [1.82, 2.24) is 14.3 Å². The highest BCUT2D eigenvalue weighted by Gasteiger charge is 2.31. The fourth-order valence-electron chi connectivity index (χ4n) is 4.23. The summed E-state index contributed by atoms with van der Waals surface area (Å²) in [5, 5.41) is 10.9. The van der Waals surface area contributed by atoms with Gasteiger partial charge in [-0.2, -0.15) is 4.31 Å². The molecule has 1 fully saturated rings. The first-order valence-corrected chi connectivity index (χ1v) is 12.6. The SMILES string of the molecule is Cc1nc(-c2ccccc2)nc(N2CCN(S(=O)(=O)c3ccc([N+](=O)[O-])cc3)CC2)c1C(C)C. The Labute approximate surface area is 199 Å². The smallest absolute Gasteiger partial charge is 0.269 e. The lowest BCUT2D eigenvalue weighted by Crippen LogP contribution is -2.49. The van der Waals surface area contributed by atoms with Crippen molar-refractivity contribution in [2.75, 3.05) is 31.1 Å². The third-order valence-corrected chi connectivity index (χ3v) is 7.86. The molecule has 4 rings (SSSR count). The van der Waals surface area contributed by atoms with E-state index in [4.69, 9.17) is 9.97 Å². The number of nitro benzene ring substituents is 1. The molecule has 1 saturated heterocycles. The molecule has 0 radical (unpaired) electrons. The second-order valence-corrected chi connectivity index (χ2v) is 10.5. The lowest BCUT2D eigenvalue weighted by Gasteiger charge is -2.36. The van der Waals surface area contributed by atoms with E-state index in [9.17, 15) is 18.5 Å². The van der Waals surface area contributed by atoms with Gasteiger partial charge in [-0.25, -0.2) is 18.4 Å². The van der Waals surface area contributed by atoms with Gasteiger partial charge in [0.25, 0.3) is 5.69 Å². The van der Waals surface area contributed by atoms with Gasteiger partial charge in [0.2, 0.25) is 10.0 Å². The zero-order valence-electron chi connectivity index (χ0n) is 19.4. The van der Waals surface area contributed by atoms with E-state index in [0.717, 1.165) is 22.6 Å². The molecule has 178 valence electrons. The third kappa shape index (κ3) is 4.64. The molecule has 34 heavy (non-hydrogen) atoms. The number of aryl methyl sites for hydroxylation is 1. The van der Waals surface area contributed by atoms with Crippen molar-refractivity contribution in [3.05, 3.63) is 76.0 Å². The highest BCUT2D eigenvalue weighted by atomic mass is 32.2. The maximum absolute atomic E-state index is 13.1. The van der Waals surface area contributed by atoms with Gasteiger partial charge in [0, 0.05) is 55.1 Å². The number of benzene rings is 2. The summed E-state index contributed by atoms with van der Waals surface area (Å²) in [5.41, 5.74) is 2.77. The van der Waals surface area contributed by atoms with Crippen molar-refractivity contribution >= 4 is 21.5 Å². The predicted molar refractivity (Wildman–Crippen MR) is 130 cm³/mol. The molecule has 0 amide bonds. The molecular formula is C24H27N5O4S. The fraction of sp³-hybridized carbons (Fsp3) is 0.333. The Morgan fingerprint density at radius 1 is 0.941 bits per heavy atom. The van der Waals surface area contributed by atoms with E-state index in [2.05, 4.69) is 18.7 Å². The Kier molecular flexibility index (Phi) is 6.63. The molecule has 0 N–H and O–H groups in total. The summed E-state index contributed by atoms with van der Waals surface area (Å²) in [4.78, 5) is 22.2. The van der Waals surface area contributed by atoms with Crippen LogP contribution in [0.5, 0.6) is 0 Å². The standard InChI is InChI=1S/C24H27N5O4S/c1-17(2)22-18(3)25-23(19-7-5-4-6-8-19)26-24(22)27-13-15-28(16-14-27)34(32,33)21-11-9-20(10-12-21)29(30)31/h4-12,17H,13-16H2,1-3H3. The second-order valence-electron chi connectivity index (χ2n) is 8.53. The number of nitrogens with zero attached hydrogens (tertiary/aromatic N) is 5. The minimum Gasteiger partial charge on any atom is -0.354 e. The minimum absolute atomic E-state index is 0.0543. The molecule has 0 unspecified atom stereocenters. The summed E-state index contributed by atoms with van der Waals surface area (Å²) in [6.07, 6.45) is 0. The van der Waals surface area contributed by atoms with E-state index in [1.165, 1.54) is 28.6 Å². The van der Waals surface area contributed by atoms with Crippen LogP contribution in [-0.4, -0.2) is 53.8 Å². The van der Waals surface area contributed by atoms with Gasteiger partial charge < -0.3 is 4.90 Å². The molecule has 2 aromatic carbocycles. The van der Waals surface area contributed by atoms with Crippen LogP contribution < -0.4 is 4.90 Å². The molecule has 2 heterocycles. The number of hydrogen-bond donors (Lipinski definition) is 0. The number of hydrogen-bond acceptors (Lipinski definition) is 7. The molecule has 1 aliphatic heterocycles. The van der Waals surface area contributed by atoms with Gasteiger partial charge in [-0.05, 0) is 25.0 Å². The number of non-ortho nitro benzene ring substituents is 1. The molecule has 0 saturated carbocycles. The number of rotatable bonds is 6. The second kappa shape index (κ2) is 9.47. The summed E-state index contributed by atoms with van der Waals surface area (Å²) in [6.45, 7) is 7.75. The van der Waals surface area contributed by atoms with Crippen molar-refractivity contribution in [2.24, 2.45) is 0 Å². The zero-order chi connectivity index (χ0) is 24.5. The largest absolute Gasteiger partial charge is 0.354 e. The average Bonchev–Trinajstić information content (AvgIpc) is 2.84. The van der Waals surface area contributed by atoms with Crippen LogP contribution in [0, 0.1) is 17.0 Å². The molecular weight excluding hydrogens is 454 g/mol. The first-order valence-electron chi connectivity index (χ1n) is 11.1. The number of sulfonamides is 1. The summed E-state index contributed by atoms with van der Waals surface area (Å²) >= 11 is 0. The van der Waals surface area contributed by atoms with Gasteiger partial charge in [0.1, 0.15) is 5.82 Å². The van der Waals surface area contributed by atoms with Crippen LogP contribution in [0.1, 0.15) is 31.0 Å². The van der Waals surface area contributed by atoms with E-state index in [1.807, 2.05) is 37.3 Å². The number of anilines is 1. The van der Waals surface area contributed by atoms with E-state index in [1.54, 1.807) is 0 Å². The first-order chi connectivity index (χ1) is 16.2. The lowest BCUT2D eigenvalue weighted by atomic mass is 10.0. The topological polar surface area (TPSA) is 110 Å². The van der Waals surface area contributed by atoms with Crippen LogP contribution >= 0.6 is 0 Å². The maximum atomic E-state index is 13.1. The average molecular weight is 482 g/mol. The van der Waals surface area contributed by atoms with Crippen molar-refractivity contribution in [2.45, 2.75) is 31.6 Å². The molecule has 3 aromatic rings. The third-order valence-electron chi connectivity index (χ3n) is 5.95. The van der Waals surface area contributed by atoms with Gasteiger partial charge in [-0.1, -0.05) is 44.2 Å². The van der Waals surface area contributed by atoms with Crippen LogP contribution in [-0.2, 0) is 10.0 Å². The van der Waals surface area contributed by atoms with Gasteiger partial charge >= 0.3 is 0 Å². The van der Waals surface area contributed by atoms with E-state index >= 15 is 0 Å². The molecule has 9 nitrogen and oxygen atoms in total. The maximum Gasteiger partial charge on any atom is 0.269 e. The Morgan fingerprint density at radius 2 is 1.56 bits per heavy atom. The molecule has 0 atom stereocenters. The molecule has 0 spiro atoms. The normalized spacial score (nSPS) is 15.0. The lowest BCUT2D eigenvalue weighted by molar-refractivity contribution is -0.384. The van der Waals surface area contributed by atoms with Crippen LogP contribution in [0.4, 0.5) is 11.5 Å². The van der Waals surface area contributed by atoms with Crippen molar-refractivity contribution in [1.29, 1.82) is 0 Å². The highest BCUT2D eigenvalue weighted by molar-refractivity contribution is 7.89. The Bertz CT molecular complexity index is 1290. The van der Waals surface area contributed by atoms with E-state index in [0.29, 0.717) is 32.0 Å². The van der Waals surface area contributed by atoms with Crippen LogP contribution in [0.3, 0.4) is 0 Å². The van der Waals surface area contributed by atoms with Gasteiger partial charge in [-0.15, -0.1) is 0 Å². The Balaban J connectivity index is 1.59. The van der Waals surface area contributed by atoms with Gasteiger partial charge in [-0.3, -0.25) is 10.1 Å². The highest BCUT2D eigenvalue weighted by Crippen LogP contribution is 2.32. The van der Waals surface area contributed by atoms with E-state index < -0.39 is 14.9 Å². The van der Waals surface area contributed by atoms with Gasteiger partial charge in [0.15, 0.2) is 5.82 Å². The molecule has 1 aromatic heterocycles. The monoisotopic (exact) mass is 481 g/mol. The summed E-state index contributed by atoms with van der Waals surface area (Å²) < 4.78 is 27.6. The van der Waals surface area contributed by atoms with Crippen LogP contribution in [0.25, 0.3) is 11.4 Å². The molecule has 1 aliphatic rings. The quantitative estimate of drug-likeness (QED) is 0.387. The molecule has 0 aliphatic carbocycles. The number of nitro groups is 1. The van der Waals surface area contributed by atoms with Gasteiger partial charge in [0.05, 0.1) is 9.82 Å². The summed E-state index contributed by atoms with van der Waals surface area (Å²) in [5.74, 6) is 1.70. The van der Waals surface area contributed by atoms with Crippen LogP contribution in [0.2, 0.25) is 0 Å². The molecule has 0 bridgehead atoms. The predicted octanol–water partition coefficient (Wildman–Crippen LogP) is 3.99.